The fraction of sp³-hybridized carbons (Fsp3) is 0.500. The molecule has 2 heterocycles. The van der Waals surface area contributed by atoms with Crippen molar-refractivity contribution in [3.63, 3.8) is 0 Å². The highest BCUT2D eigenvalue weighted by molar-refractivity contribution is 5.20. The fourth-order valence-electron chi connectivity index (χ4n) is 1.99. The van der Waals surface area contributed by atoms with Crippen LogP contribution in [-0.2, 0) is 6.54 Å². The summed E-state index contributed by atoms with van der Waals surface area (Å²) in [5.74, 6) is 0.795. The molecule has 1 N–H and O–H groups in total. The van der Waals surface area contributed by atoms with Gasteiger partial charge in [0.25, 0.3) is 0 Å². The first-order chi connectivity index (χ1) is 9.24. The van der Waals surface area contributed by atoms with Crippen LogP contribution in [-0.4, -0.2) is 26.3 Å². The Hall–Kier alpha value is -1.75. The third-order valence-electron chi connectivity index (χ3n) is 2.91. The maximum atomic E-state index is 4.42. The molecule has 0 aliphatic heterocycles. The van der Waals surface area contributed by atoms with Crippen molar-refractivity contribution in [3.05, 3.63) is 41.7 Å². The molecule has 0 aromatic carbocycles. The average molecular weight is 259 g/mol. The van der Waals surface area contributed by atoms with Crippen LogP contribution in [0.2, 0.25) is 0 Å². The van der Waals surface area contributed by atoms with Crippen molar-refractivity contribution in [2.75, 3.05) is 6.54 Å². The van der Waals surface area contributed by atoms with Crippen LogP contribution in [0.3, 0.4) is 0 Å². The van der Waals surface area contributed by atoms with Gasteiger partial charge in [-0.15, -0.1) is 0 Å². The monoisotopic (exact) mass is 259 g/mol. The zero-order valence-corrected chi connectivity index (χ0v) is 11.8. The second-order valence-electron chi connectivity index (χ2n) is 4.65. The number of rotatable bonds is 6. The van der Waals surface area contributed by atoms with E-state index in [1.165, 1.54) is 0 Å². The lowest BCUT2D eigenvalue weighted by atomic mass is 10.1. The van der Waals surface area contributed by atoms with Crippen LogP contribution in [0.5, 0.6) is 0 Å². The molecule has 0 spiro atoms. The minimum atomic E-state index is 0.0104. The fourth-order valence-corrected chi connectivity index (χ4v) is 1.99. The van der Waals surface area contributed by atoms with Gasteiger partial charge in [0, 0.05) is 30.7 Å². The Kier molecular flexibility index (Phi) is 4.63. The number of hydrogen-bond acceptors (Lipinski definition) is 4. The molecule has 5 heteroatoms. The lowest BCUT2D eigenvalue weighted by molar-refractivity contribution is 0.586. The largest absolute Gasteiger partial charge is 0.304 e. The van der Waals surface area contributed by atoms with Gasteiger partial charge < -0.3 is 5.32 Å². The molecular weight excluding hydrogens is 238 g/mol. The first-order valence-corrected chi connectivity index (χ1v) is 6.78. The quantitative estimate of drug-likeness (QED) is 0.863. The van der Waals surface area contributed by atoms with Gasteiger partial charge in [0.2, 0.25) is 0 Å². The first kappa shape index (κ1) is 13.7. The van der Waals surface area contributed by atoms with Crippen LogP contribution in [0, 0.1) is 6.92 Å². The van der Waals surface area contributed by atoms with E-state index in [1.807, 2.05) is 30.2 Å². The number of nitrogens with one attached hydrogen (secondary N) is 1. The predicted octanol–water partition coefficient (Wildman–Crippen LogP) is 2.09. The smallest absolute Gasteiger partial charge is 0.149 e. The lowest BCUT2D eigenvalue weighted by Crippen LogP contribution is -2.23. The van der Waals surface area contributed by atoms with Crippen molar-refractivity contribution in [1.82, 2.24) is 25.1 Å². The van der Waals surface area contributed by atoms with E-state index in [0.717, 1.165) is 36.5 Å². The van der Waals surface area contributed by atoms with Gasteiger partial charge in [-0.3, -0.25) is 4.68 Å². The summed E-state index contributed by atoms with van der Waals surface area (Å²) in [6, 6.07) is 0.0104. The van der Waals surface area contributed by atoms with Crippen molar-refractivity contribution in [2.24, 2.45) is 0 Å². The topological polar surface area (TPSA) is 55.6 Å². The molecule has 2 aromatic rings. The van der Waals surface area contributed by atoms with E-state index in [0.29, 0.717) is 0 Å². The van der Waals surface area contributed by atoms with Crippen molar-refractivity contribution < 1.29 is 0 Å². The van der Waals surface area contributed by atoms with E-state index in [4.69, 9.17) is 0 Å². The molecule has 1 atom stereocenters. The number of aromatic nitrogens is 4. The van der Waals surface area contributed by atoms with Crippen LogP contribution in [0.4, 0.5) is 0 Å². The second-order valence-corrected chi connectivity index (χ2v) is 4.65. The summed E-state index contributed by atoms with van der Waals surface area (Å²) in [4.78, 5) is 8.84. The van der Waals surface area contributed by atoms with E-state index in [1.54, 1.807) is 0 Å². The van der Waals surface area contributed by atoms with Gasteiger partial charge in [-0.1, -0.05) is 13.8 Å². The van der Waals surface area contributed by atoms with Gasteiger partial charge in [-0.05, 0) is 25.5 Å². The Bertz CT molecular complexity index is 503. The van der Waals surface area contributed by atoms with Crippen LogP contribution in [0.1, 0.15) is 43.3 Å². The minimum absolute atomic E-state index is 0.0104. The number of aryl methyl sites for hydroxylation is 2. The van der Waals surface area contributed by atoms with E-state index >= 15 is 0 Å². The van der Waals surface area contributed by atoms with E-state index in [2.05, 4.69) is 40.4 Å². The highest BCUT2D eigenvalue weighted by atomic mass is 15.3. The van der Waals surface area contributed by atoms with Gasteiger partial charge >= 0.3 is 0 Å². The van der Waals surface area contributed by atoms with Crippen LogP contribution in [0.25, 0.3) is 0 Å². The number of hydrogen-bond donors (Lipinski definition) is 1. The maximum absolute atomic E-state index is 4.42. The molecule has 0 aliphatic rings. The molecule has 0 radical (unpaired) electrons. The molecule has 0 aliphatic carbocycles. The van der Waals surface area contributed by atoms with Gasteiger partial charge in [0.1, 0.15) is 5.82 Å². The molecule has 0 fully saturated rings. The zero-order chi connectivity index (χ0) is 13.7. The molecule has 5 nitrogen and oxygen atoms in total. The van der Waals surface area contributed by atoms with Crippen LogP contribution < -0.4 is 5.32 Å². The standard InChI is InChI=1S/C14H21N5/c1-4-6-19-10-12(9-18-19)13(15-5-2)14-16-7-11(3)8-17-14/h7-10,13,15H,4-6H2,1-3H3. The highest BCUT2D eigenvalue weighted by Gasteiger charge is 2.17. The molecular formula is C14H21N5. The third-order valence-corrected chi connectivity index (χ3v) is 2.91. The summed E-state index contributed by atoms with van der Waals surface area (Å²) < 4.78 is 1.97. The molecule has 1 unspecified atom stereocenters. The van der Waals surface area contributed by atoms with Crippen molar-refractivity contribution in [2.45, 2.75) is 39.8 Å². The van der Waals surface area contributed by atoms with E-state index in [-0.39, 0.29) is 6.04 Å². The Balaban J connectivity index is 2.25. The van der Waals surface area contributed by atoms with Crippen molar-refractivity contribution in [3.8, 4) is 0 Å². The molecule has 0 saturated heterocycles. The summed E-state index contributed by atoms with van der Waals surface area (Å²) in [7, 11) is 0. The lowest BCUT2D eigenvalue weighted by Gasteiger charge is -2.14. The zero-order valence-electron chi connectivity index (χ0n) is 11.8. The summed E-state index contributed by atoms with van der Waals surface area (Å²) in [6.07, 6.45) is 8.74. The summed E-state index contributed by atoms with van der Waals surface area (Å²) >= 11 is 0. The minimum Gasteiger partial charge on any atom is -0.304 e. The van der Waals surface area contributed by atoms with Crippen molar-refractivity contribution in [1.29, 1.82) is 0 Å². The second kappa shape index (κ2) is 6.43. The Morgan fingerprint density at radius 2 is 1.95 bits per heavy atom. The Labute approximate surface area is 114 Å². The molecule has 0 bridgehead atoms. The SMILES string of the molecule is CCCn1cc(C(NCC)c2ncc(C)cn2)cn1. The van der Waals surface area contributed by atoms with Crippen LogP contribution in [0.15, 0.2) is 24.8 Å². The van der Waals surface area contributed by atoms with Gasteiger partial charge in [0.15, 0.2) is 0 Å². The molecule has 102 valence electrons. The Morgan fingerprint density at radius 3 is 2.58 bits per heavy atom. The molecule has 19 heavy (non-hydrogen) atoms. The third kappa shape index (κ3) is 3.38. The Morgan fingerprint density at radius 1 is 1.21 bits per heavy atom. The molecule has 2 rings (SSSR count). The van der Waals surface area contributed by atoms with E-state index in [9.17, 15) is 0 Å². The maximum Gasteiger partial charge on any atom is 0.149 e. The average Bonchev–Trinajstić information content (AvgIpc) is 2.86. The highest BCUT2D eigenvalue weighted by Crippen LogP contribution is 2.18. The van der Waals surface area contributed by atoms with Crippen LogP contribution >= 0.6 is 0 Å². The van der Waals surface area contributed by atoms with E-state index < -0.39 is 0 Å². The van der Waals surface area contributed by atoms with Gasteiger partial charge in [-0.2, -0.15) is 5.10 Å². The number of nitrogens with zero attached hydrogens (tertiary/aromatic N) is 4. The summed E-state index contributed by atoms with van der Waals surface area (Å²) in [5.41, 5.74) is 2.18. The first-order valence-electron chi connectivity index (χ1n) is 6.78. The summed E-state index contributed by atoms with van der Waals surface area (Å²) in [5, 5.41) is 7.79. The van der Waals surface area contributed by atoms with Gasteiger partial charge in [0.05, 0.1) is 12.2 Å². The summed E-state index contributed by atoms with van der Waals surface area (Å²) in [6.45, 7) is 8.02. The molecule has 0 amide bonds. The van der Waals surface area contributed by atoms with Crippen molar-refractivity contribution >= 4 is 0 Å². The van der Waals surface area contributed by atoms with Gasteiger partial charge in [-0.25, -0.2) is 9.97 Å². The molecule has 0 saturated carbocycles. The molecule has 2 aromatic heterocycles. The normalized spacial score (nSPS) is 12.6. The predicted molar refractivity (Wildman–Crippen MR) is 74.8 cm³/mol.